The van der Waals surface area contributed by atoms with E-state index in [-0.39, 0.29) is 48.7 Å². The number of aryl methyl sites for hydroxylation is 2. The van der Waals surface area contributed by atoms with Gasteiger partial charge in [0.1, 0.15) is 36.2 Å². The molecule has 2 N–H and O–H groups in total. The van der Waals surface area contributed by atoms with Crippen LogP contribution < -0.4 is 31.5 Å². The first-order valence-electron chi connectivity index (χ1n) is 15.7. The number of fused-ring (bicyclic) bond motifs is 2. The van der Waals surface area contributed by atoms with Crippen LogP contribution in [0.25, 0.3) is 10.4 Å². The highest BCUT2D eigenvalue weighted by Gasteiger charge is 2.44. The molecule has 4 aliphatic rings. The van der Waals surface area contributed by atoms with E-state index in [9.17, 15) is 32.7 Å². The molecule has 4 aliphatic heterocycles. The molecule has 0 radical (unpaired) electrons. The van der Waals surface area contributed by atoms with Gasteiger partial charge in [0.25, 0.3) is 11.1 Å². The van der Waals surface area contributed by atoms with Gasteiger partial charge in [-0.1, -0.05) is 5.11 Å². The number of rotatable bonds is 9. The van der Waals surface area contributed by atoms with E-state index < -0.39 is 88.2 Å². The standard InChI is InChI=1S/C28H30FN7O14P2/c1-13-7-35(27(39)31-25(13)37)23-5-17(29)21(47-23)11-45-51(41)43-9-15-4-20-16(3-19(15)49-51)10-44-52(42,50-20)46-12-22-18(33-34-30)6-24(48-22)36-8-14(2)26(38)32-28(36)40/h3-4,7-8,17-18,21-24H,5-6,9-12H2,1-2H3,(H,31,37,39)(H,32,38,40)/t17-,18-,21+,22+,23+,24+,51?,52?/m0/s1. The summed E-state index contributed by atoms with van der Waals surface area (Å²) in [7, 11) is -8.55. The Hall–Kier alpha value is -4.36. The third-order valence-electron chi connectivity index (χ3n) is 8.69. The molecule has 278 valence electrons. The van der Waals surface area contributed by atoms with Crippen molar-refractivity contribution >= 4 is 15.6 Å². The molecule has 7 rings (SSSR count). The second kappa shape index (κ2) is 13.9. The molecular weight excluding hydrogens is 739 g/mol. The number of aromatic amines is 2. The number of hydrogen-bond donors (Lipinski definition) is 2. The first-order valence-corrected chi connectivity index (χ1v) is 18.6. The van der Waals surface area contributed by atoms with E-state index in [0.717, 1.165) is 9.13 Å². The number of benzene rings is 1. The lowest BCUT2D eigenvalue weighted by Gasteiger charge is -2.30. The predicted octanol–water partition coefficient (Wildman–Crippen LogP) is 3.06. The number of nitrogens with zero attached hydrogens (tertiary/aromatic N) is 5. The third-order valence-corrected chi connectivity index (χ3v) is 11.4. The number of nitrogens with one attached hydrogen (secondary N) is 2. The fraction of sp³-hybridized carbons (Fsp3) is 0.500. The van der Waals surface area contributed by atoms with Crippen LogP contribution in [-0.4, -0.2) is 56.7 Å². The average molecular weight is 770 g/mol. The van der Waals surface area contributed by atoms with E-state index in [2.05, 4.69) is 20.0 Å². The number of H-pyrrole nitrogens is 2. The van der Waals surface area contributed by atoms with Crippen molar-refractivity contribution < 1.29 is 50.1 Å². The van der Waals surface area contributed by atoms with Gasteiger partial charge in [0.05, 0.1) is 38.6 Å². The van der Waals surface area contributed by atoms with Crippen molar-refractivity contribution in [2.75, 3.05) is 13.2 Å². The van der Waals surface area contributed by atoms with Gasteiger partial charge >= 0.3 is 27.0 Å². The Kier molecular flexibility index (Phi) is 9.62. The summed E-state index contributed by atoms with van der Waals surface area (Å²) in [6, 6.07) is 2.01. The summed E-state index contributed by atoms with van der Waals surface area (Å²) < 4.78 is 88.1. The molecule has 2 saturated heterocycles. The highest BCUT2D eigenvalue weighted by atomic mass is 31.2. The lowest BCUT2D eigenvalue weighted by molar-refractivity contribution is -0.0370. The van der Waals surface area contributed by atoms with Gasteiger partial charge in [-0.2, -0.15) is 0 Å². The van der Waals surface area contributed by atoms with Gasteiger partial charge in [0.15, 0.2) is 0 Å². The molecule has 52 heavy (non-hydrogen) atoms. The normalized spacial score (nSPS) is 30.8. The SMILES string of the molecule is Cc1cn([C@H]2C[C@H](N=[N+]=[N-])[C@@H](COP3(=O)OCc4cc5c(cc4O3)COP(=O)(OC[C@H]3O[C@@H](n4cc(C)c(=O)[nH]c4=O)C[C@@H]3F)O5)O2)c(=O)[nH]c1=O. The molecule has 3 aromatic rings. The highest BCUT2D eigenvalue weighted by Crippen LogP contribution is 2.59. The topological polar surface area (TPSA) is 266 Å². The minimum atomic E-state index is -4.28. The summed E-state index contributed by atoms with van der Waals surface area (Å²) in [5.74, 6) is 0.162. The average Bonchev–Trinajstić information content (AvgIpc) is 3.68. The Bertz CT molecular complexity index is 2300. The summed E-state index contributed by atoms with van der Waals surface area (Å²) in [4.78, 5) is 55.2. The molecule has 0 saturated carbocycles. The Morgan fingerprint density at radius 1 is 0.846 bits per heavy atom. The summed E-state index contributed by atoms with van der Waals surface area (Å²) in [5, 5.41) is 3.70. The van der Waals surface area contributed by atoms with Crippen LogP contribution in [0.1, 0.15) is 47.6 Å². The number of aromatic nitrogens is 4. The van der Waals surface area contributed by atoms with Crippen LogP contribution in [0.15, 0.2) is 48.8 Å². The van der Waals surface area contributed by atoms with E-state index >= 15 is 0 Å². The first kappa shape index (κ1) is 36.0. The Labute approximate surface area is 290 Å². The third kappa shape index (κ3) is 7.17. The van der Waals surface area contributed by atoms with E-state index in [1.165, 1.54) is 38.4 Å². The summed E-state index contributed by atoms with van der Waals surface area (Å²) in [6.45, 7) is 1.42. The minimum Gasteiger partial charge on any atom is -0.404 e. The Balaban J connectivity index is 0.971. The molecular formula is C28H30FN7O14P2. The fourth-order valence-corrected chi connectivity index (χ4v) is 8.36. The van der Waals surface area contributed by atoms with Gasteiger partial charge in [0.2, 0.25) is 0 Å². The van der Waals surface area contributed by atoms with Gasteiger partial charge in [0, 0.05) is 52.4 Å². The highest BCUT2D eigenvalue weighted by molar-refractivity contribution is 7.49. The minimum absolute atomic E-state index is 0.0540. The van der Waals surface area contributed by atoms with Crippen molar-refractivity contribution in [2.45, 2.75) is 76.8 Å². The summed E-state index contributed by atoms with van der Waals surface area (Å²) in [5.41, 5.74) is 7.58. The van der Waals surface area contributed by atoms with Crippen LogP contribution in [0.3, 0.4) is 0 Å². The molecule has 1 aromatic carbocycles. The van der Waals surface area contributed by atoms with Crippen molar-refractivity contribution in [1.82, 2.24) is 19.1 Å². The van der Waals surface area contributed by atoms with Crippen LogP contribution in [-0.2, 0) is 49.9 Å². The van der Waals surface area contributed by atoms with Gasteiger partial charge in [-0.15, -0.1) is 0 Å². The van der Waals surface area contributed by atoms with Gasteiger partial charge in [-0.3, -0.25) is 46.8 Å². The van der Waals surface area contributed by atoms with Crippen LogP contribution in [0.2, 0.25) is 0 Å². The largest absolute Gasteiger partial charge is 0.530 e. The second-order valence-electron chi connectivity index (χ2n) is 12.3. The molecule has 6 heterocycles. The van der Waals surface area contributed by atoms with E-state index in [4.69, 9.17) is 42.1 Å². The van der Waals surface area contributed by atoms with Crippen molar-refractivity contribution in [2.24, 2.45) is 5.11 Å². The van der Waals surface area contributed by atoms with Gasteiger partial charge in [-0.05, 0) is 31.5 Å². The molecule has 21 nitrogen and oxygen atoms in total. The van der Waals surface area contributed by atoms with E-state index in [0.29, 0.717) is 11.1 Å². The molecule has 0 aliphatic carbocycles. The molecule has 24 heteroatoms. The first-order chi connectivity index (χ1) is 24.7. The number of halogens is 1. The zero-order valence-corrected chi connectivity index (χ0v) is 29.0. The second-order valence-corrected chi connectivity index (χ2v) is 15.4. The Morgan fingerprint density at radius 2 is 1.33 bits per heavy atom. The monoisotopic (exact) mass is 769 g/mol. The molecule has 0 amide bonds. The van der Waals surface area contributed by atoms with Crippen LogP contribution in [0, 0.1) is 13.8 Å². The predicted molar refractivity (Wildman–Crippen MR) is 171 cm³/mol. The molecule has 2 aromatic heterocycles. The summed E-state index contributed by atoms with van der Waals surface area (Å²) in [6.07, 6.45) is -3.38. The Morgan fingerprint density at radius 3 is 1.85 bits per heavy atom. The van der Waals surface area contributed by atoms with Gasteiger partial charge < -0.3 is 18.5 Å². The molecule has 0 spiro atoms. The molecule has 8 atom stereocenters. The van der Waals surface area contributed by atoms with Crippen molar-refractivity contribution in [1.29, 1.82) is 0 Å². The van der Waals surface area contributed by atoms with Crippen molar-refractivity contribution in [3.63, 3.8) is 0 Å². The van der Waals surface area contributed by atoms with Crippen LogP contribution in [0.5, 0.6) is 11.5 Å². The molecule has 2 unspecified atom stereocenters. The number of ether oxygens (including phenoxy) is 2. The molecule has 0 bridgehead atoms. The summed E-state index contributed by atoms with van der Waals surface area (Å²) >= 11 is 0. The van der Waals surface area contributed by atoms with E-state index in [1.54, 1.807) is 0 Å². The van der Waals surface area contributed by atoms with E-state index in [1.807, 2.05) is 0 Å². The van der Waals surface area contributed by atoms with Crippen molar-refractivity contribution in [3.8, 4) is 11.5 Å². The maximum atomic E-state index is 14.9. The zero-order valence-electron chi connectivity index (χ0n) is 27.2. The maximum Gasteiger partial charge on any atom is 0.530 e. The quantitative estimate of drug-likeness (QED) is 0.137. The number of phosphoric acid groups is 2. The number of alkyl halides is 1. The lowest BCUT2D eigenvalue weighted by Crippen LogP contribution is -2.33. The fourth-order valence-electron chi connectivity index (χ4n) is 5.92. The van der Waals surface area contributed by atoms with Gasteiger partial charge in [-0.25, -0.2) is 23.1 Å². The van der Waals surface area contributed by atoms with Crippen LogP contribution >= 0.6 is 15.6 Å². The van der Waals surface area contributed by atoms with Crippen molar-refractivity contribution in [3.05, 3.63) is 98.9 Å². The lowest BCUT2D eigenvalue weighted by atomic mass is 10.1. The zero-order chi connectivity index (χ0) is 36.9. The number of hydrogen-bond acceptors (Lipinski definition) is 15. The van der Waals surface area contributed by atoms with Crippen LogP contribution in [0.4, 0.5) is 4.39 Å². The number of phosphoric ester groups is 2. The smallest absolute Gasteiger partial charge is 0.404 e. The number of azide groups is 1. The maximum absolute atomic E-state index is 14.9. The molecule has 2 fully saturated rings.